The molecule has 0 saturated carbocycles. The van der Waals surface area contributed by atoms with Gasteiger partial charge in [-0.15, -0.1) is 0 Å². The highest BCUT2D eigenvalue weighted by atomic mass is 35.5. The average Bonchev–Trinajstić information content (AvgIpc) is 3.08. The van der Waals surface area contributed by atoms with E-state index in [1.54, 1.807) is 6.07 Å². The lowest BCUT2D eigenvalue weighted by atomic mass is 9.94. The van der Waals surface area contributed by atoms with Gasteiger partial charge in [-0.25, -0.2) is 0 Å². The number of benzene rings is 1. The predicted molar refractivity (Wildman–Crippen MR) is 117 cm³/mol. The van der Waals surface area contributed by atoms with Crippen LogP contribution in [0.2, 0.25) is 23.2 Å². The summed E-state index contributed by atoms with van der Waals surface area (Å²) in [6.07, 6.45) is -1.04. The number of hydrogen-bond donors (Lipinski definition) is 1. The smallest absolute Gasteiger partial charge is 0.191 e. The Labute approximate surface area is 180 Å². The van der Waals surface area contributed by atoms with Gasteiger partial charge in [0, 0.05) is 11.6 Å². The summed E-state index contributed by atoms with van der Waals surface area (Å²) >= 11 is 6.26. The van der Waals surface area contributed by atoms with E-state index in [0.29, 0.717) is 24.7 Å². The van der Waals surface area contributed by atoms with Crippen LogP contribution in [0, 0.1) is 0 Å². The third kappa shape index (κ3) is 5.06. The molecule has 1 aromatic carbocycles. The normalized spacial score (nSPS) is 27.8. The van der Waals surface area contributed by atoms with Crippen LogP contribution in [-0.2, 0) is 25.1 Å². The number of fused-ring (bicyclic) bond motifs is 1. The van der Waals surface area contributed by atoms with Gasteiger partial charge in [0.15, 0.2) is 14.1 Å². The Morgan fingerprint density at radius 1 is 1.28 bits per heavy atom. The molecule has 0 aliphatic carbocycles. The Kier molecular flexibility index (Phi) is 6.58. The molecule has 164 valence electrons. The number of rotatable bonds is 6. The molecule has 2 aliphatic heterocycles. The zero-order chi connectivity index (χ0) is 21.6. The summed E-state index contributed by atoms with van der Waals surface area (Å²) in [5, 5.41) is 12.0. The van der Waals surface area contributed by atoms with Crippen molar-refractivity contribution in [2.45, 2.75) is 89.4 Å². The topological polar surface area (TPSA) is 57.2 Å². The SMILES string of the molecule is CC1(C)O[C@@H]2[C@@H]([C@H](O)c3ccc(Cl)cc3CCO[Si](C)(C)C(C)(C)C)OC[C@@H]2O1. The molecule has 2 fully saturated rings. The van der Waals surface area contributed by atoms with E-state index in [2.05, 4.69) is 33.9 Å². The van der Waals surface area contributed by atoms with Crippen LogP contribution in [0.25, 0.3) is 0 Å². The molecule has 0 unspecified atom stereocenters. The standard InChI is InChI=1S/C22H35ClO5Si/c1-21(2,3)29(6,7)26-11-10-14-12-15(23)8-9-16(14)18(24)20-19-17(13-25-20)27-22(4,5)28-19/h8-9,12,17-20,24H,10-11,13H2,1-7H3/t17-,18+,19-,20+/m0/s1. The Hall–Kier alpha value is -0.473. The lowest BCUT2D eigenvalue weighted by Gasteiger charge is -2.36. The van der Waals surface area contributed by atoms with Crippen molar-refractivity contribution < 1.29 is 23.7 Å². The molecule has 0 aromatic heterocycles. The van der Waals surface area contributed by atoms with Crippen LogP contribution >= 0.6 is 11.6 Å². The highest BCUT2D eigenvalue weighted by Crippen LogP contribution is 2.41. The third-order valence-corrected chi connectivity index (χ3v) is 11.1. The van der Waals surface area contributed by atoms with E-state index in [1.165, 1.54) is 0 Å². The second-order valence-corrected chi connectivity index (χ2v) is 15.3. The molecule has 1 N–H and O–H groups in total. The van der Waals surface area contributed by atoms with Crippen molar-refractivity contribution in [3.63, 3.8) is 0 Å². The van der Waals surface area contributed by atoms with Crippen molar-refractivity contribution >= 4 is 19.9 Å². The van der Waals surface area contributed by atoms with Crippen LogP contribution < -0.4 is 0 Å². The summed E-state index contributed by atoms with van der Waals surface area (Å²) < 4.78 is 24.1. The molecule has 4 atom stereocenters. The van der Waals surface area contributed by atoms with Crippen molar-refractivity contribution in [3.8, 4) is 0 Å². The van der Waals surface area contributed by atoms with E-state index in [1.807, 2.05) is 26.0 Å². The van der Waals surface area contributed by atoms with Crippen molar-refractivity contribution in [1.29, 1.82) is 0 Å². The Balaban J connectivity index is 1.73. The van der Waals surface area contributed by atoms with Crippen molar-refractivity contribution in [3.05, 3.63) is 34.3 Å². The molecule has 0 amide bonds. The molecular formula is C22H35ClO5Si. The van der Waals surface area contributed by atoms with E-state index in [9.17, 15) is 5.11 Å². The molecule has 2 aliphatic rings. The van der Waals surface area contributed by atoms with E-state index >= 15 is 0 Å². The van der Waals surface area contributed by atoms with E-state index in [0.717, 1.165) is 11.1 Å². The van der Waals surface area contributed by atoms with Gasteiger partial charge in [-0.3, -0.25) is 0 Å². The zero-order valence-electron chi connectivity index (χ0n) is 18.6. The minimum atomic E-state index is -1.83. The molecule has 0 bridgehead atoms. The molecular weight excluding hydrogens is 408 g/mol. The monoisotopic (exact) mass is 442 g/mol. The molecule has 5 nitrogen and oxygen atoms in total. The molecule has 7 heteroatoms. The van der Waals surface area contributed by atoms with Gasteiger partial charge >= 0.3 is 0 Å². The van der Waals surface area contributed by atoms with E-state index in [4.69, 9.17) is 30.2 Å². The Bertz CT molecular complexity index is 730. The summed E-state index contributed by atoms with van der Waals surface area (Å²) in [5.74, 6) is -0.656. The van der Waals surface area contributed by atoms with Crippen molar-refractivity contribution in [2.75, 3.05) is 13.2 Å². The zero-order valence-corrected chi connectivity index (χ0v) is 20.4. The summed E-state index contributed by atoms with van der Waals surface area (Å²) in [4.78, 5) is 0. The van der Waals surface area contributed by atoms with Crippen LogP contribution in [0.3, 0.4) is 0 Å². The minimum Gasteiger partial charge on any atom is -0.416 e. The quantitative estimate of drug-likeness (QED) is 0.637. The summed E-state index contributed by atoms with van der Waals surface area (Å²) in [6.45, 7) is 16.0. The van der Waals surface area contributed by atoms with Crippen molar-refractivity contribution in [2.24, 2.45) is 0 Å². The van der Waals surface area contributed by atoms with E-state index < -0.39 is 26.3 Å². The van der Waals surface area contributed by atoms with Crippen LogP contribution in [0.15, 0.2) is 18.2 Å². The van der Waals surface area contributed by atoms with Gasteiger partial charge in [0.25, 0.3) is 0 Å². The second kappa shape index (κ2) is 8.23. The average molecular weight is 443 g/mol. The van der Waals surface area contributed by atoms with Crippen molar-refractivity contribution in [1.82, 2.24) is 0 Å². The minimum absolute atomic E-state index is 0.151. The number of hydrogen-bond acceptors (Lipinski definition) is 5. The predicted octanol–water partition coefficient (Wildman–Crippen LogP) is 4.86. The molecule has 1 aromatic rings. The van der Waals surface area contributed by atoms with Gasteiger partial charge in [0.05, 0.1) is 6.61 Å². The fourth-order valence-electron chi connectivity index (χ4n) is 3.73. The molecule has 0 spiro atoms. The maximum Gasteiger partial charge on any atom is 0.191 e. The highest BCUT2D eigenvalue weighted by Gasteiger charge is 2.52. The summed E-state index contributed by atoms with van der Waals surface area (Å²) in [7, 11) is -1.83. The first-order valence-corrected chi connectivity index (χ1v) is 13.7. The fraction of sp³-hybridized carbons (Fsp3) is 0.727. The van der Waals surface area contributed by atoms with Crippen LogP contribution in [-0.4, -0.2) is 50.7 Å². The number of aliphatic hydroxyl groups is 1. The maximum atomic E-state index is 11.2. The second-order valence-electron chi connectivity index (χ2n) is 10.1. The van der Waals surface area contributed by atoms with Crippen LogP contribution in [0.5, 0.6) is 0 Å². The molecule has 2 saturated heterocycles. The lowest BCUT2D eigenvalue weighted by molar-refractivity contribution is -0.184. The highest BCUT2D eigenvalue weighted by molar-refractivity contribution is 6.74. The van der Waals surface area contributed by atoms with Crippen LogP contribution in [0.4, 0.5) is 0 Å². The Morgan fingerprint density at radius 2 is 1.97 bits per heavy atom. The number of halogens is 1. The van der Waals surface area contributed by atoms with Gasteiger partial charge in [0.1, 0.15) is 24.4 Å². The first-order valence-electron chi connectivity index (χ1n) is 10.4. The third-order valence-electron chi connectivity index (χ3n) is 6.37. The maximum absolute atomic E-state index is 11.2. The van der Waals surface area contributed by atoms with Crippen LogP contribution in [0.1, 0.15) is 51.8 Å². The summed E-state index contributed by atoms with van der Waals surface area (Å²) in [6, 6.07) is 5.60. The van der Waals surface area contributed by atoms with Gasteiger partial charge in [-0.1, -0.05) is 38.4 Å². The molecule has 29 heavy (non-hydrogen) atoms. The number of aliphatic hydroxyl groups excluding tert-OH is 1. The van der Waals surface area contributed by atoms with Gasteiger partial charge in [0.2, 0.25) is 0 Å². The molecule has 2 heterocycles. The van der Waals surface area contributed by atoms with E-state index in [-0.39, 0.29) is 17.2 Å². The largest absolute Gasteiger partial charge is 0.416 e. The Morgan fingerprint density at radius 3 is 2.62 bits per heavy atom. The molecule has 0 radical (unpaired) electrons. The first-order chi connectivity index (χ1) is 13.3. The molecule has 3 rings (SSSR count). The van der Waals surface area contributed by atoms with Gasteiger partial charge < -0.3 is 23.7 Å². The van der Waals surface area contributed by atoms with Gasteiger partial charge in [-0.05, 0) is 61.7 Å². The van der Waals surface area contributed by atoms with Gasteiger partial charge in [-0.2, -0.15) is 0 Å². The number of ether oxygens (including phenoxy) is 3. The fourth-order valence-corrected chi connectivity index (χ4v) is 4.97. The summed E-state index contributed by atoms with van der Waals surface area (Å²) in [5.41, 5.74) is 1.79. The first kappa shape index (κ1) is 23.2. The lowest BCUT2D eigenvalue weighted by Crippen LogP contribution is -2.41.